The molecule has 178 valence electrons. The van der Waals surface area contributed by atoms with Crippen molar-refractivity contribution in [1.29, 1.82) is 0 Å². The van der Waals surface area contributed by atoms with Crippen LogP contribution in [0, 0.1) is 17.0 Å². The molecule has 2 amide bonds. The molecule has 1 aliphatic heterocycles. The molecule has 0 saturated carbocycles. The number of ether oxygens (including phenoxy) is 1. The van der Waals surface area contributed by atoms with Gasteiger partial charge in [0.1, 0.15) is 22.7 Å². The lowest BCUT2D eigenvalue weighted by molar-refractivity contribution is -0.152. The fraction of sp³-hybridized carbons (Fsp3) is 0.455. The summed E-state index contributed by atoms with van der Waals surface area (Å²) in [7, 11) is 0. The van der Waals surface area contributed by atoms with Gasteiger partial charge in [0.15, 0.2) is 11.5 Å². The van der Waals surface area contributed by atoms with E-state index in [4.69, 9.17) is 9.26 Å². The van der Waals surface area contributed by atoms with Crippen LogP contribution in [0.15, 0.2) is 28.8 Å². The number of nitrogens with one attached hydrogen (secondary N) is 1. The van der Waals surface area contributed by atoms with Gasteiger partial charge in [-0.3, -0.25) is 9.59 Å². The van der Waals surface area contributed by atoms with Crippen molar-refractivity contribution in [2.75, 3.05) is 13.1 Å². The molecule has 33 heavy (non-hydrogen) atoms. The molecule has 2 heterocycles. The number of aromatic nitrogens is 1. The predicted molar refractivity (Wildman–Crippen MR) is 111 cm³/mol. The Labute approximate surface area is 188 Å². The largest absolute Gasteiger partial charge is 0.481 e. The average molecular weight is 465 g/mol. The number of aliphatic carboxylic acids is 1. The maximum Gasteiger partial charge on any atom is 0.410 e. The summed E-state index contributed by atoms with van der Waals surface area (Å²) in [5, 5.41) is 16.1. The Balaban J connectivity index is 1.74. The lowest BCUT2D eigenvalue weighted by Gasteiger charge is -2.43. The van der Waals surface area contributed by atoms with E-state index in [0.717, 1.165) is 12.1 Å². The highest BCUT2D eigenvalue weighted by atomic mass is 19.1. The number of hydrogen-bond acceptors (Lipinski definition) is 6. The van der Waals surface area contributed by atoms with E-state index in [1.54, 1.807) is 20.8 Å². The van der Waals surface area contributed by atoms with Gasteiger partial charge in [0.2, 0.25) is 0 Å². The van der Waals surface area contributed by atoms with E-state index in [1.165, 1.54) is 17.9 Å². The molecule has 2 atom stereocenters. The fourth-order valence-corrected chi connectivity index (χ4v) is 3.55. The summed E-state index contributed by atoms with van der Waals surface area (Å²) < 4.78 is 37.4. The number of hydrogen-bond donors (Lipinski definition) is 2. The number of rotatable bonds is 4. The van der Waals surface area contributed by atoms with Crippen LogP contribution in [-0.2, 0) is 9.53 Å². The summed E-state index contributed by atoms with van der Waals surface area (Å²) in [4.78, 5) is 38.5. The zero-order valence-electron chi connectivity index (χ0n) is 18.6. The number of piperidine rings is 1. The van der Waals surface area contributed by atoms with E-state index in [9.17, 15) is 28.3 Å². The van der Waals surface area contributed by atoms with E-state index in [-0.39, 0.29) is 36.5 Å². The van der Waals surface area contributed by atoms with Crippen LogP contribution in [0.5, 0.6) is 0 Å². The van der Waals surface area contributed by atoms with E-state index in [1.807, 2.05) is 0 Å². The lowest BCUT2D eigenvalue weighted by atomic mass is 9.77. The lowest BCUT2D eigenvalue weighted by Crippen LogP contribution is -2.61. The quantitative estimate of drug-likeness (QED) is 0.709. The Morgan fingerprint density at radius 3 is 2.58 bits per heavy atom. The Bertz CT molecular complexity index is 1080. The molecular formula is C22H25F2N3O6. The molecule has 0 bridgehead atoms. The van der Waals surface area contributed by atoms with E-state index >= 15 is 0 Å². The van der Waals surface area contributed by atoms with Crippen molar-refractivity contribution in [3.63, 3.8) is 0 Å². The number of carboxylic acids is 1. The number of halogens is 2. The summed E-state index contributed by atoms with van der Waals surface area (Å²) in [6.07, 6.45) is -0.479. The van der Waals surface area contributed by atoms with E-state index < -0.39 is 46.7 Å². The zero-order valence-corrected chi connectivity index (χ0v) is 18.6. The molecule has 9 nitrogen and oxygen atoms in total. The molecule has 0 spiro atoms. The second-order valence-corrected chi connectivity index (χ2v) is 9.14. The number of benzene rings is 1. The van der Waals surface area contributed by atoms with Crippen molar-refractivity contribution < 1.29 is 37.5 Å². The molecule has 0 radical (unpaired) electrons. The third-order valence-electron chi connectivity index (χ3n) is 5.36. The normalized spacial score (nSPS) is 20.9. The number of likely N-dealkylation sites (tertiary alicyclic amines) is 1. The molecule has 2 N–H and O–H groups in total. The Morgan fingerprint density at radius 2 is 1.97 bits per heavy atom. The fourth-order valence-electron chi connectivity index (χ4n) is 3.55. The zero-order chi connectivity index (χ0) is 24.6. The molecule has 1 aliphatic rings. The van der Waals surface area contributed by atoms with Crippen LogP contribution < -0.4 is 5.32 Å². The predicted octanol–water partition coefficient (Wildman–Crippen LogP) is 3.45. The summed E-state index contributed by atoms with van der Waals surface area (Å²) in [6, 6.07) is 3.22. The van der Waals surface area contributed by atoms with Crippen LogP contribution in [0.25, 0.3) is 11.3 Å². The van der Waals surface area contributed by atoms with Crippen molar-refractivity contribution >= 4 is 18.0 Å². The molecule has 1 aromatic heterocycles. The van der Waals surface area contributed by atoms with Crippen molar-refractivity contribution in [2.45, 2.75) is 45.8 Å². The minimum Gasteiger partial charge on any atom is -0.481 e. The van der Waals surface area contributed by atoms with Gasteiger partial charge in [-0.2, -0.15) is 0 Å². The van der Waals surface area contributed by atoms with Crippen LogP contribution >= 0.6 is 0 Å². The van der Waals surface area contributed by atoms with Crippen molar-refractivity contribution in [1.82, 2.24) is 15.4 Å². The van der Waals surface area contributed by atoms with Crippen LogP contribution in [0.1, 0.15) is 44.6 Å². The number of carboxylic acid groups (broad SMARTS) is 1. The molecule has 1 aromatic carbocycles. The summed E-state index contributed by atoms with van der Waals surface area (Å²) >= 11 is 0. The third-order valence-corrected chi connectivity index (χ3v) is 5.36. The van der Waals surface area contributed by atoms with Crippen molar-refractivity contribution in [2.24, 2.45) is 5.41 Å². The summed E-state index contributed by atoms with van der Waals surface area (Å²) in [6.45, 7) is 6.55. The molecule has 1 fully saturated rings. The Hall–Kier alpha value is -3.50. The first kappa shape index (κ1) is 24.1. The molecule has 1 saturated heterocycles. The molecule has 0 unspecified atom stereocenters. The highest BCUT2D eigenvalue weighted by Gasteiger charge is 2.48. The van der Waals surface area contributed by atoms with Gasteiger partial charge in [0.05, 0.1) is 5.56 Å². The van der Waals surface area contributed by atoms with Gasteiger partial charge in [0.25, 0.3) is 5.91 Å². The van der Waals surface area contributed by atoms with Crippen LogP contribution in [-0.4, -0.2) is 57.9 Å². The second-order valence-electron chi connectivity index (χ2n) is 9.14. The molecule has 11 heteroatoms. The van der Waals surface area contributed by atoms with Gasteiger partial charge in [0, 0.05) is 31.3 Å². The topological polar surface area (TPSA) is 122 Å². The molecule has 2 aromatic rings. The van der Waals surface area contributed by atoms with Crippen LogP contribution in [0.4, 0.5) is 13.6 Å². The van der Waals surface area contributed by atoms with Gasteiger partial charge in [-0.15, -0.1) is 0 Å². The Kier molecular flexibility index (Phi) is 6.44. The van der Waals surface area contributed by atoms with Gasteiger partial charge in [-0.05, 0) is 46.2 Å². The summed E-state index contributed by atoms with van der Waals surface area (Å²) in [5.41, 5.74) is -2.52. The first-order valence-electron chi connectivity index (χ1n) is 10.2. The van der Waals surface area contributed by atoms with Crippen LogP contribution in [0.2, 0.25) is 0 Å². The average Bonchev–Trinajstić information content (AvgIpc) is 3.18. The minimum atomic E-state index is -1.50. The standard InChI is InChI=1S/C22H25F2N3O6/c1-21(2,3)32-20(31)27-8-7-17(22(4,11-27)19(29)30)25-18(28)15-10-16(33-26-15)13-6-5-12(23)9-14(13)24/h5-6,9-10,17H,7-8,11H2,1-4H3,(H,25,28)(H,29,30)/t17-,22-/m1/s1. The minimum absolute atomic E-state index is 0.0796. The molecule has 0 aliphatic carbocycles. The van der Waals surface area contributed by atoms with Crippen molar-refractivity contribution in [3.8, 4) is 11.3 Å². The second kappa shape index (κ2) is 8.80. The first-order valence-corrected chi connectivity index (χ1v) is 10.2. The van der Waals surface area contributed by atoms with Gasteiger partial charge in [-0.1, -0.05) is 5.16 Å². The number of carbonyl (C=O) groups excluding carboxylic acids is 2. The monoisotopic (exact) mass is 465 g/mol. The number of nitrogens with zero attached hydrogens (tertiary/aromatic N) is 2. The third kappa shape index (κ3) is 5.29. The Morgan fingerprint density at radius 1 is 1.27 bits per heavy atom. The maximum atomic E-state index is 14.0. The molecular weight excluding hydrogens is 440 g/mol. The first-order chi connectivity index (χ1) is 15.3. The highest BCUT2D eigenvalue weighted by Crippen LogP contribution is 2.32. The van der Waals surface area contributed by atoms with Gasteiger partial charge >= 0.3 is 12.1 Å². The van der Waals surface area contributed by atoms with Crippen molar-refractivity contribution in [3.05, 3.63) is 41.6 Å². The highest BCUT2D eigenvalue weighted by molar-refractivity contribution is 5.94. The van der Waals surface area contributed by atoms with Gasteiger partial charge in [-0.25, -0.2) is 13.6 Å². The van der Waals surface area contributed by atoms with Crippen LogP contribution in [0.3, 0.4) is 0 Å². The molecule has 3 rings (SSSR count). The smallest absolute Gasteiger partial charge is 0.410 e. The number of carbonyl (C=O) groups is 3. The number of amides is 2. The maximum absolute atomic E-state index is 14.0. The van der Waals surface area contributed by atoms with Gasteiger partial charge < -0.3 is 24.6 Å². The van der Waals surface area contributed by atoms with E-state index in [2.05, 4.69) is 10.5 Å². The SMILES string of the molecule is CC(C)(C)OC(=O)N1CC[C@@H](NC(=O)c2cc(-c3ccc(F)cc3F)on2)[C@](C)(C(=O)O)C1. The van der Waals surface area contributed by atoms with E-state index in [0.29, 0.717) is 6.07 Å². The summed E-state index contributed by atoms with van der Waals surface area (Å²) in [5.74, 6) is -3.66.